The van der Waals surface area contributed by atoms with Crippen LogP contribution in [0, 0.1) is 23.2 Å². The molecule has 3 nitrogen and oxygen atoms in total. The Kier molecular flexibility index (Phi) is 2.53. The minimum Gasteiger partial charge on any atom is -0.481 e. The van der Waals surface area contributed by atoms with Gasteiger partial charge in [-0.05, 0) is 42.4 Å². The van der Waals surface area contributed by atoms with Gasteiger partial charge in [-0.15, -0.1) is 0 Å². The first-order chi connectivity index (χ1) is 6.93. The smallest absolute Gasteiger partial charge is 0.305 e. The van der Waals surface area contributed by atoms with Crippen molar-refractivity contribution in [1.82, 2.24) is 0 Å². The Hall–Kier alpha value is -0.570. The van der Waals surface area contributed by atoms with Crippen molar-refractivity contribution in [2.45, 2.75) is 45.6 Å². The maximum Gasteiger partial charge on any atom is 0.305 e. The van der Waals surface area contributed by atoms with Crippen molar-refractivity contribution < 1.29 is 15.0 Å². The van der Waals surface area contributed by atoms with E-state index in [1.807, 2.05) is 0 Å². The van der Waals surface area contributed by atoms with Gasteiger partial charge in [0.25, 0.3) is 0 Å². The summed E-state index contributed by atoms with van der Waals surface area (Å²) >= 11 is 0. The van der Waals surface area contributed by atoms with Crippen LogP contribution in [0.2, 0.25) is 0 Å². The Balaban J connectivity index is 2.01. The number of rotatable bonds is 3. The lowest BCUT2D eigenvalue weighted by Gasteiger charge is -2.61. The highest BCUT2D eigenvalue weighted by atomic mass is 16.4. The molecule has 4 atom stereocenters. The van der Waals surface area contributed by atoms with Crippen LogP contribution < -0.4 is 0 Å². The number of fused-ring (bicyclic) bond motifs is 2. The quantitative estimate of drug-likeness (QED) is 0.751. The summed E-state index contributed by atoms with van der Waals surface area (Å²) in [6, 6.07) is 0. The van der Waals surface area contributed by atoms with Crippen molar-refractivity contribution in [3.8, 4) is 0 Å². The highest BCUT2D eigenvalue weighted by molar-refractivity contribution is 5.67. The molecular formula is C12H20O3. The average molecular weight is 212 g/mol. The topological polar surface area (TPSA) is 57.5 Å². The van der Waals surface area contributed by atoms with Crippen LogP contribution in [0.15, 0.2) is 0 Å². The number of aliphatic hydroxyl groups excluding tert-OH is 1. The molecule has 0 spiro atoms. The second kappa shape index (κ2) is 3.48. The van der Waals surface area contributed by atoms with Crippen molar-refractivity contribution in [3.05, 3.63) is 0 Å². The molecule has 0 amide bonds. The Morgan fingerprint density at radius 1 is 1.47 bits per heavy atom. The van der Waals surface area contributed by atoms with Gasteiger partial charge in [0.2, 0.25) is 0 Å². The molecule has 0 aromatic rings. The lowest BCUT2D eigenvalue weighted by Crippen LogP contribution is -2.55. The van der Waals surface area contributed by atoms with E-state index in [2.05, 4.69) is 13.8 Å². The van der Waals surface area contributed by atoms with E-state index in [-0.39, 0.29) is 12.3 Å². The summed E-state index contributed by atoms with van der Waals surface area (Å²) in [6.45, 7) is 4.51. The van der Waals surface area contributed by atoms with Crippen molar-refractivity contribution in [2.75, 3.05) is 0 Å². The monoisotopic (exact) mass is 212 g/mol. The van der Waals surface area contributed by atoms with Crippen LogP contribution in [0.25, 0.3) is 0 Å². The number of carboxylic acid groups (broad SMARTS) is 1. The van der Waals surface area contributed by atoms with Crippen LogP contribution in [0.4, 0.5) is 0 Å². The molecule has 0 saturated heterocycles. The van der Waals surface area contributed by atoms with E-state index in [0.717, 1.165) is 18.8 Å². The molecule has 0 aromatic carbocycles. The van der Waals surface area contributed by atoms with Crippen molar-refractivity contribution >= 4 is 5.97 Å². The van der Waals surface area contributed by atoms with Crippen molar-refractivity contribution in [2.24, 2.45) is 23.2 Å². The standard InChI is InChI=1S/C12H20O3/c1-12(2)7-3-4-8(9(12)5-7)10(13)6-11(14)15/h7-10,13H,3-6H2,1-2H3,(H,14,15). The second-order valence-electron chi connectivity index (χ2n) is 5.77. The molecule has 15 heavy (non-hydrogen) atoms. The van der Waals surface area contributed by atoms with Gasteiger partial charge in [-0.3, -0.25) is 4.79 Å². The molecule has 3 aliphatic rings. The summed E-state index contributed by atoms with van der Waals surface area (Å²) in [5.74, 6) is 0.657. The number of carboxylic acids is 1. The SMILES string of the molecule is CC1(C)C2CCC(C(O)CC(=O)O)C1C2. The van der Waals surface area contributed by atoms with Crippen LogP contribution >= 0.6 is 0 Å². The fraction of sp³-hybridized carbons (Fsp3) is 0.917. The first-order valence-electron chi connectivity index (χ1n) is 5.82. The average Bonchev–Trinajstić information content (AvgIpc) is 2.16. The van der Waals surface area contributed by atoms with Crippen molar-refractivity contribution in [3.63, 3.8) is 0 Å². The number of aliphatic carboxylic acids is 1. The van der Waals surface area contributed by atoms with Gasteiger partial charge in [0.05, 0.1) is 12.5 Å². The Morgan fingerprint density at radius 2 is 2.13 bits per heavy atom. The highest BCUT2D eigenvalue weighted by Crippen LogP contribution is 2.62. The van der Waals surface area contributed by atoms with Crippen LogP contribution in [-0.2, 0) is 4.79 Å². The summed E-state index contributed by atoms with van der Waals surface area (Å²) < 4.78 is 0. The van der Waals surface area contributed by atoms with Gasteiger partial charge in [0.1, 0.15) is 0 Å². The van der Waals surface area contributed by atoms with Gasteiger partial charge in [-0.2, -0.15) is 0 Å². The van der Waals surface area contributed by atoms with Crippen LogP contribution in [0.3, 0.4) is 0 Å². The molecule has 0 radical (unpaired) electrons. The molecule has 86 valence electrons. The molecule has 4 unspecified atom stereocenters. The second-order valence-corrected chi connectivity index (χ2v) is 5.77. The molecule has 3 fully saturated rings. The largest absolute Gasteiger partial charge is 0.481 e. The van der Waals surface area contributed by atoms with Gasteiger partial charge < -0.3 is 10.2 Å². The first kappa shape index (κ1) is 10.9. The summed E-state index contributed by atoms with van der Waals surface area (Å²) in [7, 11) is 0. The van der Waals surface area contributed by atoms with Crippen LogP contribution in [0.1, 0.15) is 39.5 Å². The number of hydrogen-bond acceptors (Lipinski definition) is 2. The molecule has 3 rings (SSSR count). The van der Waals surface area contributed by atoms with E-state index < -0.39 is 12.1 Å². The summed E-state index contributed by atoms with van der Waals surface area (Å²) in [6.07, 6.45) is 2.61. The minimum atomic E-state index is -0.887. The predicted octanol–water partition coefficient (Wildman–Crippen LogP) is 1.89. The third-order valence-corrected chi connectivity index (χ3v) is 4.79. The predicted molar refractivity (Wildman–Crippen MR) is 56.4 cm³/mol. The molecule has 2 N–H and O–H groups in total. The van der Waals surface area contributed by atoms with Gasteiger partial charge in [-0.25, -0.2) is 0 Å². The van der Waals surface area contributed by atoms with Gasteiger partial charge in [-0.1, -0.05) is 13.8 Å². The number of carbonyl (C=O) groups is 1. The maximum atomic E-state index is 10.6. The number of aliphatic hydroxyl groups is 1. The third kappa shape index (κ3) is 1.67. The van der Waals surface area contributed by atoms with E-state index >= 15 is 0 Å². The molecule has 0 heterocycles. The molecule has 3 heteroatoms. The van der Waals surface area contributed by atoms with Crippen molar-refractivity contribution in [1.29, 1.82) is 0 Å². The highest BCUT2D eigenvalue weighted by Gasteiger charge is 2.55. The van der Waals surface area contributed by atoms with Gasteiger partial charge in [0.15, 0.2) is 0 Å². The summed E-state index contributed by atoms with van der Waals surface area (Å²) in [4.78, 5) is 10.6. The molecule has 3 aliphatic carbocycles. The Labute approximate surface area is 90.5 Å². The molecule has 3 saturated carbocycles. The van der Waals surface area contributed by atoms with Gasteiger partial charge in [0, 0.05) is 0 Å². The lowest BCUT2D eigenvalue weighted by atomic mass is 9.45. The van der Waals surface area contributed by atoms with Gasteiger partial charge >= 0.3 is 5.97 Å². The molecule has 0 aromatic heterocycles. The molecular weight excluding hydrogens is 192 g/mol. The zero-order valence-corrected chi connectivity index (χ0v) is 9.44. The van der Waals surface area contributed by atoms with E-state index in [0.29, 0.717) is 11.3 Å². The fourth-order valence-electron chi connectivity index (χ4n) is 3.66. The Bertz CT molecular complexity index is 270. The zero-order valence-electron chi connectivity index (χ0n) is 9.44. The summed E-state index contributed by atoms with van der Waals surface area (Å²) in [5, 5.41) is 18.6. The van der Waals surface area contributed by atoms with E-state index in [9.17, 15) is 9.90 Å². The normalized spacial score (nSPS) is 39.3. The fourth-order valence-corrected chi connectivity index (χ4v) is 3.66. The van der Waals surface area contributed by atoms with E-state index in [1.54, 1.807) is 0 Å². The van der Waals surface area contributed by atoms with E-state index in [1.165, 1.54) is 6.42 Å². The third-order valence-electron chi connectivity index (χ3n) is 4.79. The molecule has 0 aliphatic heterocycles. The summed E-state index contributed by atoms with van der Waals surface area (Å²) in [5.41, 5.74) is 0.322. The number of hydrogen-bond donors (Lipinski definition) is 2. The van der Waals surface area contributed by atoms with E-state index in [4.69, 9.17) is 5.11 Å². The zero-order chi connectivity index (χ0) is 11.2. The molecule has 2 bridgehead atoms. The maximum absolute atomic E-state index is 10.6. The van der Waals surface area contributed by atoms with Crippen LogP contribution in [-0.4, -0.2) is 22.3 Å². The minimum absolute atomic E-state index is 0.0953. The van der Waals surface area contributed by atoms with Crippen LogP contribution in [0.5, 0.6) is 0 Å². The Morgan fingerprint density at radius 3 is 2.60 bits per heavy atom. The first-order valence-corrected chi connectivity index (χ1v) is 5.82. The lowest BCUT2D eigenvalue weighted by molar-refractivity contribution is -0.153.